The highest BCUT2D eigenvalue weighted by molar-refractivity contribution is 8.02. The third-order valence-electron chi connectivity index (χ3n) is 4.84. The molecule has 0 spiro atoms. The number of rotatable bonds is 4. The van der Waals surface area contributed by atoms with Crippen LogP contribution in [0.2, 0.25) is 5.02 Å². The lowest BCUT2D eigenvalue weighted by atomic mass is 9.76. The lowest BCUT2D eigenvalue weighted by Gasteiger charge is -2.31. The van der Waals surface area contributed by atoms with Gasteiger partial charge in [0.2, 0.25) is 5.91 Å². The molecule has 3 rings (SSSR count). The second-order valence-corrected chi connectivity index (χ2v) is 7.77. The van der Waals surface area contributed by atoms with Gasteiger partial charge in [0.05, 0.1) is 17.6 Å². The van der Waals surface area contributed by atoms with Crippen molar-refractivity contribution < 1.29 is 4.79 Å². The first-order valence-corrected chi connectivity index (χ1v) is 10.4. The van der Waals surface area contributed by atoms with Gasteiger partial charge in [0.25, 0.3) is 0 Å². The number of halogens is 1. The van der Waals surface area contributed by atoms with E-state index in [1.807, 2.05) is 62.6 Å². The zero-order chi connectivity index (χ0) is 20.3. The first kappa shape index (κ1) is 20.2. The van der Waals surface area contributed by atoms with E-state index in [2.05, 4.69) is 16.4 Å². The Kier molecular flexibility index (Phi) is 6.23. The molecule has 1 amide bonds. The smallest absolute Gasteiger partial charge is 0.234 e. The zero-order valence-electron chi connectivity index (χ0n) is 15.9. The summed E-state index contributed by atoms with van der Waals surface area (Å²) in [5.41, 5.74) is 3.61. The minimum Gasteiger partial charge on any atom is -0.325 e. The standard InChI is InChI=1S/C22H20ClN3OS/c1-13-8-4-7-11-18(13)26-21(27)19-14(2)25-22(28-3)16(12-24)20(19)15-9-5-6-10-17(15)23/h4-11,19-20H,1-3H3,(H,26,27)/t19?,20-/m1/s1. The molecule has 1 N–H and O–H groups in total. The fraction of sp³-hybridized carbons (Fsp3) is 0.227. The summed E-state index contributed by atoms with van der Waals surface area (Å²) >= 11 is 7.86. The van der Waals surface area contributed by atoms with E-state index in [1.54, 1.807) is 6.07 Å². The molecular formula is C22H20ClN3OS. The Morgan fingerprint density at radius 1 is 1.18 bits per heavy atom. The monoisotopic (exact) mass is 409 g/mol. The molecule has 1 unspecified atom stereocenters. The second-order valence-electron chi connectivity index (χ2n) is 6.57. The van der Waals surface area contributed by atoms with Crippen LogP contribution in [-0.4, -0.2) is 17.9 Å². The molecule has 4 nitrogen and oxygen atoms in total. The van der Waals surface area contributed by atoms with Crippen molar-refractivity contribution in [1.82, 2.24) is 0 Å². The third-order valence-corrected chi connectivity index (χ3v) is 5.88. The summed E-state index contributed by atoms with van der Waals surface area (Å²) in [6.07, 6.45) is 1.88. The van der Waals surface area contributed by atoms with E-state index in [9.17, 15) is 10.1 Å². The summed E-state index contributed by atoms with van der Waals surface area (Å²) < 4.78 is 0. The highest BCUT2D eigenvalue weighted by Gasteiger charge is 2.40. The lowest BCUT2D eigenvalue weighted by Crippen LogP contribution is -2.36. The van der Waals surface area contributed by atoms with Gasteiger partial charge in [0.15, 0.2) is 0 Å². The molecular weight excluding hydrogens is 390 g/mol. The number of anilines is 1. The fourth-order valence-corrected chi connectivity index (χ4v) is 4.31. The first-order chi connectivity index (χ1) is 13.5. The van der Waals surface area contributed by atoms with Crippen LogP contribution < -0.4 is 5.32 Å². The summed E-state index contributed by atoms with van der Waals surface area (Å²) in [6, 6.07) is 17.2. The Hall–Kier alpha value is -2.55. The molecule has 0 fully saturated rings. The molecule has 1 aliphatic rings. The number of allylic oxidation sites excluding steroid dienone is 1. The molecule has 2 atom stereocenters. The molecule has 1 aliphatic heterocycles. The maximum absolute atomic E-state index is 13.3. The van der Waals surface area contributed by atoms with Crippen LogP contribution in [0.5, 0.6) is 0 Å². The van der Waals surface area contributed by atoms with E-state index >= 15 is 0 Å². The number of nitrogens with zero attached hydrogens (tertiary/aromatic N) is 2. The Bertz CT molecular complexity index is 1020. The van der Waals surface area contributed by atoms with Crippen LogP contribution in [0.4, 0.5) is 5.69 Å². The quantitative estimate of drug-likeness (QED) is 0.718. The maximum Gasteiger partial charge on any atom is 0.234 e. The van der Waals surface area contributed by atoms with Crippen molar-refractivity contribution in [2.45, 2.75) is 19.8 Å². The van der Waals surface area contributed by atoms with Gasteiger partial charge >= 0.3 is 0 Å². The predicted molar refractivity (Wildman–Crippen MR) is 117 cm³/mol. The number of nitrogens with one attached hydrogen (secondary N) is 1. The van der Waals surface area contributed by atoms with Crippen LogP contribution in [0, 0.1) is 24.2 Å². The second kappa shape index (κ2) is 8.64. The third kappa shape index (κ3) is 3.84. The number of amides is 1. The van der Waals surface area contributed by atoms with Crippen molar-refractivity contribution >= 4 is 40.7 Å². The van der Waals surface area contributed by atoms with Gasteiger partial charge in [-0.1, -0.05) is 48.0 Å². The number of thioether (sulfide) groups is 1. The molecule has 28 heavy (non-hydrogen) atoms. The topological polar surface area (TPSA) is 65.2 Å². The summed E-state index contributed by atoms with van der Waals surface area (Å²) in [4.78, 5) is 17.9. The number of carbonyl (C=O) groups excluding carboxylic acids is 1. The first-order valence-electron chi connectivity index (χ1n) is 8.82. The molecule has 1 heterocycles. The van der Waals surface area contributed by atoms with E-state index in [0.29, 0.717) is 21.3 Å². The van der Waals surface area contributed by atoms with Crippen LogP contribution in [-0.2, 0) is 4.79 Å². The van der Waals surface area contributed by atoms with Crippen LogP contribution in [0.3, 0.4) is 0 Å². The van der Waals surface area contributed by atoms with Crippen LogP contribution in [0.15, 0.2) is 64.1 Å². The number of aliphatic imine (C=N–C) groups is 1. The number of carbonyl (C=O) groups is 1. The molecule has 142 valence electrons. The van der Waals surface area contributed by atoms with Gasteiger partial charge < -0.3 is 5.32 Å². The minimum atomic E-state index is -0.620. The number of aryl methyl sites for hydroxylation is 1. The van der Waals surface area contributed by atoms with Gasteiger partial charge in [0, 0.05) is 22.3 Å². The van der Waals surface area contributed by atoms with Gasteiger partial charge in [-0.25, -0.2) is 4.99 Å². The van der Waals surface area contributed by atoms with E-state index in [0.717, 1.165) is 16.8 Å². The van der Waals surface area contributed by atoms with Gasteiger partial charge in [-0.3, -0.25) is 4.79 Å². The van der Waals surface area contributed by atoms with Crippen molar-refractivity contribution in [2.75, 3.05) is 11.6 Å². The summed E-state index contributed by atoms with van der Waals surface area (Å²) in [5, 5.41) is 14.0. The van der Waals surface area contributed by atoms with E-state index in [4.69, 9.17) is 11.6 Å². The van der Waals surface area contributed by atoms with Crippen LogP contribution in [0.25, 0.3) is 0 Å². The minimum absolute atomic E-state index is 0.201. The van der Waals surface area contributed by atoms with Crippen LogP contribution in [0.1, 0.15) is 24.0 Å². The highest BCUT2D eigenvalue weighted by atomic mass is 35.5. The Morgan fingerprint density at radius 2 is 1.86 bits per heavy atom. The van der Waals surface area contributed by atoms with E-state index in [-0.39, 0.29) is 5.91 Å². The normalized spacial score (nSPS) is 19.0. The van der Waals surface area contributed by atoms with Crippen molar-refractivity contribution in [1.29, 1.82) is 5.26 Å². The molecule has 2 aromatic carbocycles. The number of hydrogen-bond acceptors (Lipinski definition) is 4. The molecule has 0 saturated heterocycles. The van der Waals surface area contributed by atoms with Crippen molar-refractivity contribution in [3.8, 4) is 6.07 Å². The van der Waals surface area contributed by atoms with Crippen molar-refractivity contribution in [2.24, 2.45) is 10.9 Å². The number of para-hydroxylation sites is 1. The summed E-state index contributed by atoms with van der Waals surface area (Å²) in [5.74, 6) is -1.30. The highest BCUT2D eigenvalue weighted by Crippen LogP contribution is 2.43. The van der Waals surface area contributed by atoms with Gasteiger partial charge in [-0.2, -0.15) is 5.26 Å². The predicted octanol–water partition coefficient (Wildman–Crippen LogP) is 5.56. The summed E-state index contributed by atoms with van der Waals surface area (Å²) in [7, 11) is 0. The van der Waals surface area contributed by atoms with E-state index < -0.39 is 11.8 Å². The van der Waals surface area contributed by atoms with Gasteiger partial charge in [-0.15, -0.1) is 11.8 Å². The fourth-order valence-electron chi connectivity index (χ4n) is 3.43. The molecule has 0 radical (unpaired) electrons. The number of nitriles is 1. The molecule has 0 aliphatic carbocycles. The molecule has 0 bridgehead atoms. The molecule has 0 aromatic heterocycles. The Morgan fingerprint density at radius 3 is 2.50 bits per heavy atom. The largest absolute Gasteiger partial charge is 0.325 e. The SMILES string of the molecule is CSC1=C(C#N)[C@@H](c2ccccc2Cl)C(C(=O)Nc2ccccc2C)C(C)=N1. The van der Waals surface area contributed by atoms with Gasteiger partial charge in [0.1, 0.15) is 5.03 Å². The molecule has 2 aromatic rings. The van der Waals surface area contributed by atoms with Crippen molar-refractivity contribution in [3.63, 3.8) is 0 Å². The summed E-state index contributed by atoms with van der Waals surface area (Å²) in [6.45, 7) is 3.77. The van der Waals surface area contributed by atoms with E-state index in [1.165, 1.54) is 11.8 Å². The lowest BCUT2D eigenvalue weighted by molar-refractivity contribution is -0.118. The van der Waals surface area contributed by atoms with Crippen molar-refractivity contribution in [3.05, 3.63) is 75.3 Å². The Labute approximate surface area is 174 Å². The van der Waals surface area contributed by atoms with Gasteiger partial charge in [-0.05, 0) is 43.4 Å². The molecule has 0 saturated carbocycles. The average Bonchev–Trinajstić information content (AvgIpc) is 2.69. The maximum atomic E-state index is 13.3. The molecule has 6 heteroatoms. The Balaban J connectivity index is 2.10. The zero-order valence-corrected chi connectivity index (χ0v) is 17.4. The van der Waals surface area contributed by atoms with Crippen LogP contribution >= 0.6 is 23.4 Å². The number of hydrogen-bond donors (Lipinski definition) is 1. The average molecular weight is 410 g/mol. The number of benzene rings is 2.